The van der Waals surface area contributed by atoms with E-state index in [1.807, 2.05) is 0 Å². The van der Waals surface area contributed by atoms with Gasteiger partial charge in [0.1, 0.15) is 12.4 Å². The van der Waals surface area contributed by atoms with Crippen molar-refractivity contribution in [2.75, 3.05) is 20.1 Å². The van der Waals surface area contributed by atoms with Crippen molar-refractivity contribution >= 4 is 12.3 Å². The monoisotopic (exact) mass is 686 g/mol. The third-order valence-corrected chi connectivity index (χ3v) is 13.9. The van der Waals surface area contributed by atoms with Gasteiger partial charge in [0, 0.05) is 23.9 Å². The fraction of sp³-hybridized carbons (Fsp3) is 0.907. The van der Waals surface area contributed by atoms with Gasteiger partial charge >= 0.3 is 5.97 Å². The van der Waals surface area contributed by atoms with E-state index in [1.165, 1.54) is 57.8 Å². The molecule has 6 nitrogen and oxygen atoms in total. The molecule has 3 fully saturated rings. The van der Waals surface area contributed by atoms with Crippen molar-refractivity contribution in [1.82, 2.24) is 4.90 Å². The molecule has 49 heavy (non-hydrogen) atoms. The standard InChI is InChI=1S/C32H52O3.C11H27N3/c1-6-23(22(2)3)9-7-10-24-13-15-28-27-14-12-25-21-26(35-30(34)11-8-20-33)16-18-32(25,5)29(27)17-19-31(24,28)4;1-10(2,12)6-8-14(5)9-7-11(3,4)13/h12,20,22-24,26-29H,6-11,13-19,21H2,1-5H3;6-9,12-13H2,1-5H3. The predicted octanol–water partition coefficient (Wildman–Crippen LogP) is 9.48. The molecule has 4 N–H and O–H groups in total. The molecule has 0 aromatic heterocycles. The first-order chi connectivity index (χ1) is 22.8. The van der Waals surface area contributed by atoms with Crippen LogP contribution in [0.5, 0.6) is 0 Å². The van der Waals surface area contributed by atoms with Crippen molar-refractivity contribution in [3.63, 3.8) is 0 Å². The van der Waals surface area contributed by atoms with Gasteiger partial charge in [-0.1, -0.05) is 65.5 Å². The highest BCUT2D eigenvalue weighted by Gasteiger charge is 2.58. The molecule has 4 aliphatic carbocycles. The zero-order chi connectivity index (χ0) is 36.6. The van der Waals surface area contributed by atoms with Crippen molar-refractivity contribution in [3.05, 3.63) is 11.6 Å². The molecule has 0 aromatic carbocycles. The van der Waals surface area contributed by atoms with Gasteiger partial charge in [0.15, 0.2) is 0 Å². The molecular formula is C43H79N3O3. The molecule has 4 rings (SSSR count). The Bertz CT molecular complexity index is 1060. The average Bonchev–Trinajstić information content (AvgIpc) is 3.35. The Kier molecular flexibility index (Phi) is 15.5. The number of nitrogens with zero attached hydrogens (tertiary/aromatic N) is 1. The summed E-state index contributed by atoms with van der Waals surface area (Å²) in [5, 5.41) is 0. The summed E-state index contributed by atoms with van der Waals surface area (Å²) in [6.45, 7) is 22.7. The molecule has 284 valence electrons. The number of fused-ring (bicyclic) bond motifs is 5. The quantitative estimate of drug-likeness (QED) is 0.0954. The molecular weight excluding hydrogens is 606 g/mol. The van der Waals surface area contributed by atoms with E-state index in [0.29, 0.717) is 10.8 Å². The van der Waals surface area contributed by atoms with Crippen LogP contribution in [0.4, 0.5) is 0 Å². The van der Waals surface area contributed by atoms with Gasteiger partial charge in [-0.25, -0.2) is 0 Å². The van der Waals surface area contributed by atoms with E-state index in [4.69, 9.17) is 16.2 Å². The fourth-order valence-electron chi connectivity index (χ4n) is 10.4. The Labute approximate surface area is 302 Å². The van der Waals surface area contributed by atoms with E-state index in [0.717, 1.165) is 87.0 Å². The molecule has 0 amide bonds. The maximum absolute atomic E-state index is 12.1. The first kappa shape index (κ1) is 42.2. The van der Waals surface area contributed by atoms with E-state index in [-0.39, 0.29) is 36.0 Å². The molecule has 6 heteroatoms. The van der Waals surface area contributed by atoms with Crippen LogP contribution in [0.3, 0.4) is 0 Å². The third kappa shape index (κ3) is 11.9. The number of rotatable bonds is 16. The summed E-state index contributed by atoms with van der Waals surface area (Å²) in [5.41, 5.74) is 14.1. The molecule has 0 spiro atoms. The normalized spacial score (nSPS) is 32.0. The molecule has 3 saturated carbocycles. The predicted molar refractivity (Wildman–Crippen MR) is 206 cm³/mol. The van der Waals surface area contributed by atoms with Crippen LogP contribution in [0.25, 0.3) is 0 Å². The van der Waals surface area contributed by atoms with Gasteiger partial charge in [0.25, 0.3) is 0 Å². The molecule has 0 aromatic rings. The number of hydrogen-bond acceptors (Lipinski definition) is 6. The summed E-state index contributed by atoms with van der Waals surface area (Å²) in [6.07, 6.45) is 21.5. The number of nitrogens with two attached hydrogens (primary N) is 2. The van der Waals surface area contributed by atoms with Crippen molar-refractivity contribution in [2.45, 2.75) is 182 Å². The Morgan fingerprint density at radius 1 is 1.02 bits per heavy atom. The molecule has 0 radical (unpaired) electrons. The largest absolute Gasteiger partial charge is 0.462 e. The second kappa shape index (κ2) is 18.0. The highest BCUT2D eigenvalue weighted by atomic mass is 16.5. The van der Waals surface area contributed by atoms with Gasteiger partial charge in [-0.3, -0.25) is 4.79 Å². The van der Waals surface area contributed by atoms with Crippen LogP contribution in [0.2, 0.25) is 0 Å². The number of esters is 1. The molecule has 4 aliphatic rings. The van der Waals surface area contributed by atoms with Gasteiger partial charge in [0.2, 0.25) is 0 Å². The van der Waals surface area contributed by atoms with Crippen LogP contribution < -0.4 is 11.5 Å². The molecule has 0 heterocycles. The summed E-state index contributed by atoms with van der Waals surface area (Å²) in [7, 11) is 2.12. The second-order valence-corrected chi connectivity index (χ2v) is 19.3. The third-order valence-electron chi connectivity index (χ3n) is 13.9. The van der Waals surface area contributed by atoms with Gasteiger partial charge in [-0.2, -0.15) is 0 Å². The highest BCUT2D eigenvalue weighted by molar-refractivity contribution is 5.72. The lowest BCUT2D eigenvalue weighted by Gasteiger charge is -2.58. The first-order valence-electron chi connectivity index (χ1n) is 20.4. The summed E-state index contributed by atoms with van der Waals surface area (Å²) < 4.78 is 5.76. The summed E-state index contributed by atoms with van der Waals surface area (Å²) >= 11 is 0. The Hall–Kier alpha value is -1.24. The fourth-order valence-corrected chi connectivity index (χ4v) is 10.4. The molecule has 8 unspecified atom stereocenters. The van der Waals surface area contributed by atoms with E-state index in [9.17, 15) is 9.59 Å². The number of allylic oxidation sites excluding steroid dienone is 1. The van der Waals surface area contributed by atoms with Crippen LogP contribution in [0.1, 0.15) is 165 Å². The van der Waals surface area contributed by atoms with Crippen LogP contribution in [0.15, 0.2) is 11.6 Å². The van der Waals surface area contributed by atoms with E-state index in [2.05, 4.69) is 80.3 Å². The summed E-state index contributed by atoms with van der Waals surface area (Å²) in [4.78, 5) is 25.0. The lowest BCUT2D eigenvalue weighted by Crippen LogP contribution is -2.50. The molecule has 0 bridgehead atoms. The zero-order valence-electron chi connectivity index (χ0n) is 33.8. The van der Waals surface area contributed by atoms with E-state index in [1.54, 1.807) is 5.57 Å². The first-order valence-corrected chi connectivity index (χ1v) is 20.4. The Morgan fingerprint density at radius 3 is 2.24 bits per heavy atom. The molecule has 8 atom stereocenters. The number of carbonyl (C=O) groups excluding carboxylic acids is 2. The second-order valence-electron chi connectivity index (χ2n) is 19.3. The van der Waals surface area contributed by atoms with Gasteiger partial charge in [-0.05, 0) is 158 Å². The Balaban J connectivity index is 0.000000393. The minimum atomic E-state index is -0.205. The van der Waals surface area contributed by atoms with Crippen molar-refractivity contribution < 1.29 is 14.3 Å². The maximum Gasteiger partial charge on any atom is 0.306 e. The van der Waals surface area contributed by atoms with Gasteiger partial charge < -0.3 is 25.9 Å². The average molecular weight is 686 g/mol. The SMILES string of the molecule is CCC(CCCC1CCC2C3CC=C4CC(OC(=O)CCC=O)CCC4(C)C3CCC12C)C(C)C.CN(CCC(C)(C)N)CCC(C)(C)N. The number of aldehydes is 1. The Morgan fingerprint density at radius 2 is 1.67 bits per heavy atom. The van der Waals surface area contributed by atoms with Gasteiger partial charge in [-0.15, -0.1) is 0 Å². The maximum atomic E-state index is 12.1. The minimum absolute atomic E-state index is 0.00697. The van der Waals surface area contributed by atoms with Crippen LogP contribution in [-0.2, 0) is 14.3 Å². The number of carbonyl (C=O) groups is 2. The highest BCUT2D eigenvalue weighted by Crippen LogP contribution is 2.67. The smallest absolute Gasteiger partial charge is 0.306 e. The van der Waals surface area contributed by atoms with E-state index >= 15 is 0 Å². The summed E-state index contributed by atoms with van der Waals surface area (Å²) in [6, 6.07) is 0. The van der Waals surface area contributed by atoms with Crippen LogP contribution in [-0.4, -0.2) is 54.5 Å². The summed E-state index contributed by atoms with van der Waals surface area (Å²) in [5.74, 6) is 4.99. The molecule has 0 aliphatic heterocycles. The molecule has 0 saturated heterocycles. The lowest BCUT2D eigenvalue weighted by atomic mass is 9.47. The van der Waals surface area contributed by atoms with Crippen molar-refractivity contribution in [3.8, 4) is 0 Å². The minimum Gasteiger partial charge on any atom is -0.462 e. The van der Waals surface area contributed by atoms with E-state index < -0.39 is 0 Å². The number of ether oxygens (including phenoxy) is 1. The van der Waals surface area contributed by atoms with Gasteiger partial charge in [0.05, 0.1) is 6.42 Å². The van der Waals surface area contributed by atoms with Crippen molar-refractivity contribution in [1.29, 1.82) is 0 Å². The zero-order valence-corrected chi connectivity index (χ0v) is 33.8. The topological polar surface area (TPSA) is 98.7 Å². The van der Waals surface area contributed by atoms with Crippen LogP contribution in [0, 0.1) is 46.3 Å². The number of hydrogen-bond donors (Lipinski definition) is 2. The van der Waals surface area contributed by atoms with Crippen LogP contribution >= 0.6 is 0 Å². The lowest BCUT2D eigenvalue weighted by molar-refractivity contribution is -0.152. The van der Waals surface area contributed by atoms with Crippen molar-refractivity contribution in [2.24, 2.45) is 57.8 Å².